The molecule has 28 heavy (non-hydrogen) atoms. The molecule has 0 aliphatic carbocycles. The van der Waals surface area contributed by atoms with Crippen molar-refractivity contribution in [2.75, 3.05) is 31.6 Å². The predicted octanol–water partition coefficient (Wildman–Crippen LogP) is 2.54. The summed E-state index contributed by atoms with van der Waals surface area (Å²) in [5.74, 6) is 1.37. The second kappa shape index (κ2) is 8.29. The van der Waals surface area contributed by atoms with E-state index in [0.717, 1.165) is 37.1 Å². The minimum absolute atomic E-state index is 0.0272. The Morgan fingerprint density at radius 2 is 2.18 bits per heavy atom. The van der Waals surface area contributed by atoms with Gasteiger partial charge in [-0.05, 0) is 37.0 Å². The van der Waals surface area contributed by atoms with E-state index in [1.54, 1.807) is 13.2 Å². The average molecular weight is 379 g/mol. The highest BCUT2D eigenvalue weighted by Crippen LogP contribution is 2.22. The molecule has 146 valence electrons. The lowest BCUT2D eigenvalue weighted by Crippen LogP contribution is -2.43. The molecule has 7 nitrogen and oxygen atoms in total. The second-order valence-corrected chi connectivity index (χ2v) is 7.12. The second-order valence-electron chi connectivity index (χ2n) is 7.12. The molecule has 1 saturated heterocycles. The summed E-state index contributed by atoms with van der Waals surface area (Å²) < 4.78 is 5.06. The van der Waals surface area contributed by atoms with E-state index in [1.165, 1.54) is 10.9 Å². The quantitative estimate of drug-likeness (QED) is 0.688. The Labute approximate surface area is 164 Å². The third kappa shape index (κ3) is 3.93. The van der Waals surface area contributed by atoms with Gasteiger partial charge in [0.2, 0.25) is 11.8 Å². The molecule has 1 atom stereocenters. The highest BCUT2D eigenvalue weighted by molar-refractivity contribution is 5.83. The third-order valence-electron chi connectivity index (χ3n) is 5.32. The number of piperidine rings is 1. The van der Waals surface area contributed by atoms with Crippen LogP contribution in [0, 0.1) is 5.92 Å². The summed E-state index contributed by atoms with van der Waals surface area (Å²) in [4.78, 5) is 18.1. The van der Waals surface area contributed by atoms with Gasteiger partial charge in [-0.2, -0.15) is 0 Å². The van der Waals surface area contributed by atoms with Crippen LogP contribution in [0.5, 0.6) is 5.88 Å². The zero-order valence-corrected chi connectivity index (χ0v) is 16.0. The molecule has 3 heterocycles. The first-order chi connectivity index (χ1) is 13.7. The van der Waals surface area contributed by atoms with Crippen LogP contribution in [0.4, 0.5) is 5.82 Å². The number of hydrogen-bond acceptors (Lipinski definition) is 5. The number of para-hydroxylation sites is 1. The molecule has 2 N–H and O–H groups in total. The molecule has 0 bridgehead atoms. The van der Waals surface area contributed by atoms with Crippen molar-refractivity contribution in [3.8, 4) is 5.88 Å². The topological polar surface area (TPSA) is 83.1 Å². The minimum atomic E-state index is -0.0272. The molecule has 0 saturated carbocycles. The number of carbonyl (C=O) groups excluding carboxylic acids is 1. The number of H-pyrrole nitrogens is 1. The Bertz CT molecular complexity index is 937. The maximum Gasteiger partial charge on any atom is 0.233 e. The number of amides is 1. The molecule has 4 rings (SSSR count). The standard InChI is InChI=1S/C21H25N5O2/c1-28-20-9-8-19(24-25-20)26-12-4-5-16(14-26)21(27)22-11-10-15-13-23-18-7-3-2-6-17(15)18/h2-3,6-9,13,16,23H,4-5,10-12,14H2,1H3,(H,22,27)/t16-/m0/s1. The summed E-state index contributed by atoms with van der Waals surface area (Å²) in [6.45, 7) is 2.19. The van der Waals surface area contributed by atoms with Gasteiger partial charge in [-0.25, -0.2) is 0 Å². The first-order valence-corrected chi connectivity index (χ1v) is 9.70. The SMILES string of the molecule is COc1ccc(N2CCC[C@H](C(=O)NCCc3c[nH]c4ccccc34)C2)nn1. The van der Waals surface area contributed by atoms with E-state index in [4.69, 9.17) is 4.74 Å². The number of anilines is 1. The fourth-order valence-corrected chi connectivity index (χ4v) is 3.79. The van der Waals surface area contributed by atoms with Crippen LogP contribution in [0.15, 0.2) is 42.6 Å². The summed E-state index contributed by atoms with van der Waals surface area (Å²) in [6, 6.07) is 11.9. The van der Waals surface area contributed by atoms with Crippen molar-refractivity contribution >= 4 is 22.6 Å². The van der Waals surface area contributed by atoms with Gasteiger partial charge in [-0.1, -0.05) is 18.2 Å². The van der Waals surface area contributed by atoms with Gasteiger partial charge < -0.3 is 19.9 Å². The van der Waals surface area contributed by atoms with Gasteiger partial charge in [0.15, 0.2) is 5.82 Å². The van der Waals surface area contributed by atoms with Crippen molar-refractivity contribution in [1.82, 2.24) is 20.5 Å². The van der Waals surface area contributed by atoms with Crippen LogP contribution in [0.2, 0.25) is 0 Å². The highest BCUT2D eigenvalue weighted by Gasteiger charge is 2.26. The summed E-state index contributed by atoms with van der Waals surface area (Å²) in [5, 5.41) is 12.6. The van der Waals surface area contributed by atoms with Crippen LogP contribution in [-0.4, -0.2) is 47.8 Å². The molecule has 1 amide bonds. The summed E-state index contributed by atoms with van der Waals surface area (Å²) >= 11 is 0. The van der Waals surface area contributed by atoms with E-state index in [1.807, 2.05) is 24.4 Å². The number of ether oxygens (including phenoxy) is 1. The molecule has 0 radical (unpaired) electrons. The summed E-state index contributed by atoms with van der Waals surface area (Å²) in [6.07, 6.45) is 4.71. The number of hydrogen-bond donors (Lipinski definition) is 2. The van der Waals surface area contributed by atoms with E-state index in [2.05, 4.69) is 37.5 Å². The monoisotopic (exact) mass is 379 g/mol. The zero-order chi connectivity index (χ0) is 19.3. The molecule has 1 aliphatic heterocycles. The lowest BCUT2D eigenvalue weighted by Gasteiger charge is -2.32. The van der Waals surface area contributed by atoms with Gasteiger partial charge >= 0.3 is 0 Å². The third-order valence-corrected chi connectivity index (χ3v) is 5.32. The molecule has 3 aromatic rings. The molecular formula is C21H25N5O2. The van der Waals surface area contributed by atoms with Gasteiger partial charge in [0.1, 0.15) is 0 Å². The summed E-state index contributed by atoms with van der Waals surface area (Å²) in [7, 11) is 1.57. The van der Waals surface area contributed by atoms with Gasteiger partial charge in [-0.3, -0.25) is 4.79 Å². The number of nitrogens with zero attached hydrogens (tertiary/aromatic N) is 3. The lowest BCUT2D eigenvalue weighted by atomic mass is 9.97. The number of nitrogens with one attached hydrogen (secondary N) is 2. The van der Waals surface area contributed by atoms with Gasteiger partial charge in [0.25, 0.3) is 0 Å². The van der Waals surface area contributed by atoms with Crippen molar-refractivity contribution in [1.29, 1.82) is 0 Å². The van der Waals surface area contributed by atoms with Crippen LogP contribution in [0.3, 0.4) is 0 Å². The normalized spacial score (nSPS) is 16.9. The average Bonchev–Trinajstić information content (AvgIpc) is 3.17. The van der Waals surface area contributed by atoms with Crippen molar-refractivity contribution in [3.63, 3.8) is 0 Å². The van der Waals surface area contributed by atoms with Crippen molar-refractivity contribution in [2.45, 2.75) is 19.3 Å². The van der Waals surface area contributed by atoms with Gasteiger partial charge in [-0.15, -0.1) is 10.2 Å². The van der Waals surface area contributed by atoms with Crippen LogP contribution >= 0.6 is 0 Å². The fourth-order valence-electron chi connectivity index (χ4n) is 3.79. The van der Waals surface area contributed by atoms with Crippen LogP contribution < -0.4 is 15.0 Å². The maximum absolute atomic E-state index is 12.7. The Morgan fingerprint density at radius 1 is 1.29 bits per heavy atom. The number of aromatic nitrogens is 3. The number of rotatable bonds is 6. The van der Waals surface area contributed by atoms with E-state index < -0.39 is 0 Å². The molecule has 0 unspecified atom stereocenters. The van der Waals surface area contributed by atoms with Crippen LogP contribution in [0.25, 0.3) is 10.9 Å². The Balaban J connectivity index is 1.31. The minimum Gasteiger partial charge on any atom is -0.480 e. The number of fused-ring (bicyclic) bond motifs is 1. The smallest absolute Gasteiger partial charge is 0.233 e. The van der Waals surface area contributed by atoms with Gasteiger partial charge in [0.05, 0.1) is 13.0 Å². The molecule has 1 fully saturated rings. The molecule has 2 aromatic heterocycles. The van der Waals surface area contributed by atoms with Crippen molar-refractivity contribution in [2.24, 2.45) is 5.92 Å². The number of benzene rings is 1. The van der Waals surface area contributed by atoms with E-state index in [0.29, 0.717) is 19.0 Å². The Kier molecular flexibility index (Phi) is 5.41. The predicted molar refractivity (Wildman–Crippen MR) is 109 cm³/mol. The van der Waals surface area contributed by atoms with Gasteiger partial charge in [0, 0.05) is 42.8 Å². The molecular weight excluding hydrogens is 354 g/mol. The molecule has 1 aliphatic rings. The molecule has 7 heteroatoms. The number of carbonyl (C=O) groups is 1. The number of methoxy groups -OCH3 is 1. The van der Waals surface area contributed by atoms with Crippen LogP contribution in [0.1, 0.15) is 18.4 Å². The number of aromatic amines is 1. The van der Waals surface area contributed by atoms with E-state index in [-0.39, 0.29) is 11.8 Å². The fraction of sp³-hybridized carbons (Fsp3) is 0.381. The first kappa shape index (κ1) is 18.3. The Hall–Kier alpha value is -3.09. The highest BCUT2D eigenvalue weighted by atomic mass is 16.5. The van der Waals surface area contributed by atoms with Crippen molar-refractivity contribution < 1.29 is 9.53 Å². The largest absolute Gasteiger partial charge is 0.480 e. The van der Waals surface area contributed by atoms with E-state index >= 15 is 0 Å². The summed E-state index contributed by atoms with van der Waals surface area (Å²) in [5.41, 5.74) is 2.36. The van der Waals surface area contributed by atoms with E-state index in [9.17, 15) is 4.79 Å². The Morgan fingerprint density at radius 3 is 3.00 bits per heavy atom. The molecule has 1 aromatic carbocycles. The van der Waals surface area contributed by atoms with Crippen molar-refractivity contribution in [3.05, 3.63) is 48.2 Å². The molecule has 0 spiro atoms. The van der Waals surface area contributed by atoms with Crippen LogP contribution in [-0.2, 0) is 11.2 Å². The lowest BCUT2D eigenvalue weighted by molar-refractivity contribution is -0.125. The zero-order valence-electron chi connectivity index (χ0n) is 16.0. The first-order valence-electron chi connectivity index (χ1n) is 9.70. The maximum atomic E-state index is 12.7.